The van der Waals surface area contributed by atoms with E-state index in [2.05, 4.69) is 15.5 Å². The van der Waals surface area contributed by atoms with Gasteiger partial charge in [-0.1, -0.05) is 12.1 Å². The SMILES string of the molecule is CCCNC(=O)Cn1cccc1-c1nc(-c2ccc(OC)c(OC)c2)no1. The van der Waals surface area contributed by atoms with Crippen LogP contribution < -0.4 is 14.8 Å². The molecule has 0 radical (unpaired) electrons. The molecule has 1 N–H and O–H groups in total. The van der Waals surface area contributed by atoms with Gasteiger partial charge >= 0.3 is 0 Å². The number of nitrogens with one attached hydrogen (secondary N) is 1. The topological polar surface area (TPSA) is 91.4 Å². The first kappa shape index (κ1) is 18.5. The van der Waals surface area contributed by atoms with E-state index in [1.807, 2.05) is 25.1 Å². The summed E-state index contributed by atoms with van der Waals surface area (Å²) in [6.07, 6.45) is 2.70. The lowest BCUT2D eigenvalue weighted by Gasteiger charge is -2.07. The van der Waals surface area contributed by atoms with Crippen molar-refractivity contribution >= 4 is 5.91 Å². The highest BCUT2D eigenvalue weighted by molar-refractivity contribution is 5.76. The van der Waals surface area contributed by atoms with Gasteiger partial charge in [0.1, 0.15) is 12.2 Å². The Morgan fingerprint density at radius 2 is 2.04 bits per heavy atom. The quantitative estimate of drug-likeness (QED) is 0.656. The monoisotopic (exact) mass is 370 g/mol. The molecule has 0 aliphatic heterocycles. The predicted octanol–water partition coefficient (Wildman–Crippen LogP) is 2.75. The molecule has 8 nitrogen and oxygen atoms in total. The second kappa shape index (κ2) is 8.39. The Balaban J connectivity index is 1.83. The Morgan fingerprint density at radius 3 is 2.78 bits per heavy atom. The van der Waals surface area contributed by atoms with Gasteiger partial charge in [-0.25, -0.2) is 0 Å². The van der Waals surface area contributed by atoms with Gasteiger partial charge in [0.15, 0.2) is 11.5 Å². The van der Waals surface area contributed by atoms with Crippen molar-refractivity contribution in [2.45, 2.75) is 19.9 Å². The van der Waals surface area contributed by atoms with Crippen LogP contribution in [0.3, 0.4) is 0 Å². The van der Waals surface area contributed by atoms with Crippen LogP contribution in [0.15, 0.2) is 41.1 Å². The Bertz CT molecular complexity index is 916. The van der Waals surface area contributed by atoms with E-state index in [4.69, 9.17) is 14.0 Å². The van der Waals surface area contributed by atoms with Gasteiger partial charge < -0.3 is 23.9 Å². The molecule has 2 heterocycles. The van der Waals surface area contributed by atoms with Gasteiger partial charge in [0.2, 0.25) is 11.7 Å². The minimum Gasteiger partial charge on any atom is -0.493 e. The van der Waals surface area contributed by atoms with Crippen molar-refractivity contribution in [1.82, 2.24) is 20.0 Å². The standard InChI is InChI=1S/C19H22N4O4/c1-4-9-20-17(24)12-23-10-5-6-14(23)19-21-18(22-27-19)13-7-8-15(25-2)16(11-13)26-3/h5-8,10-11H,4,9,12H2,1-3H3,(H,20,24). The Labute approximate surface area is 157 Å². The molecular weight excluding hydrogens is 348 g/mol. The van der Waals surface area contributed by atoms with E-state index in [1.54, 1.807) is 37.1 Å². The van der Waals surface area contributed by atoms with Gasteiger partial charge in [-0.05, 0) is 36.8 Å². The molecule has 142 valence electrons. The molecule has 0 aliphatic carbocycles. The van der Waals surface area contributed by atoms with E-state index >= 15 is 0 Å². The van der Waals surface area contributed by atoms with E-state index in [-0.39, 0.29) is 12.5 Å². The Kier molecular flexibility index (Phi) is 5.75. The first-order valence-corrected chi connectivity index (χ1v) is 8.64. The predicted molar refractivity (Wildman–Crippen MR) is 99.6 cm³/mol. The third-order valence-corrected chi connectivity index (χ3v) is 4.00. The molecule has 3 aromatic rings. The fraction of sp³-hybridized carbons (Fsp3) is 0.316. The lowest BCUT2D eigenvalue weighted by molar-refractivity contribution is -0.121. The molecule has 0 atom stereocenters. The maximum absolute atomic E-state index is 12.0. The molecule has 0 spiro atoms. The number of ether oxygens (including phenoxy) is 2. The summed E-state index contributed by atoms with van der Waals surface area (Å²) < 4.78 is 17.7. The van der Waals surface area contributed by atoms with E-state index in [1.165, 1.54) is 0 Å². The van der Waals surface area contributed by atoms with Gasteiger partial charge in [-0.2, -0.15) is 4.98 Å². The van der Waals surface area contributed by atoms with Crippen molar-refractivity contribution in [2.24, 2.45) is 0 Å². The van der Waals surface area contributed by atoms with E-state index < -0.39 is 0 Å². The lowest BCUT2D eigenvalue weighted by atomic mass is 10.2. The molecule has 0 aliphatic rings. The molecule has 0 saturated heterocycles. The van der Waals surface area contributed by atoms with Gasteiger partial charge in [0, 0.05) is 18.3 Å². The molecule has 0 unspecified atom stereocenters. The fourth-order valence-corrected chi connectivity index (χ4v) is 2.64. The van der Waals surface area contributed by atoms with Crippen molar-refractivity contribution < 1.29 is 18.8 Å². The summed E-state index contributed by atoms with van der Waals surface area (Å²) in [5.41, 5.74) is 1.42. The summed E-state index contributed by atoms with van der Waals surface area (Å²) in [6, 6.07) is 9.06. The zero-order valence-electron chi connectivity index (χ0n) is 15.6. The van der Waals surface area contributed by atoms with Crippen LogP contribution in [0.4, 0.5) is 0 Å². The maximum Gasteiger partial charge on any atom is 0.274 e. The summed E-state index contributed by atoms with van der Waals surface area (Å²) in [5.74, 6) is 1.91. The van der Waals surface area contributed by atoms with Crippen LogP contribution in [0.2, 0.25) is 0 Å². The van der Waals surface area contributed by atoms with Crippen LogP contribution in [0, 0.1) is 0 Å². The number of hydrogen-bond acceptors (Lipinski definition) is 6. The summed E-state index contributed by atoms with van der Waals surface area (Å²) in [4.78, 5) is 16.4. The molecule has 1 aromatic carbocycles. The number of benzene rings is 1. The van der Waals surface area contributed by atoms with E-state index in [9.17, 15) is 4.79 Å². The molecule has 8 heteroatoms. The highest BCUT2D eigenvalue weighted by atomic mass is 16.5. The molecule has 1 amide bonds. The second-order valence-corrected chi connectivity index (χ2v) is 5.86. The largest absolute Gasteiger partial charge is 0.493 e. The van der Waals surface area contributed by atoms with Crippen LogP contribution in [0.5, 0.6) is 11.5 Å². The first-order chi connectivity index (χ1) is 13.2. The molecule has 0 bridgehead atoms. The molecule has 2 aromatic heterocycles. The highest BCUT2D eigenvalue weighted by Gasteiger charge is 2.16. The smallest absolute Gasteiger partial charge is 0.274 e. The summed E-state index contributed by atoms with van der Waals surface area (Å²) in [6.45, 7) is 2.85. The van der Waals surface area contributed by atoms with Crippen molar-refractivity contribution in [3.8, 4) is 34.5 Å². The van der Waals surface area contributed by atoms with Gasteiger partial charge in [0.25, 0.3) is 5.89 Å². The highest BCUT2D eigenvalue weighted by Crippen LogP contribution is 2.32. The maximum atomic E-state index is 12.0. The number of methoxy groups -OCH3 is 2. The van der Waals surface area contributed by atoms with Gasteiger partial charge in [0.05, 0.1) is 14.2 Å². The number of hydrogen-bond donors (Lipinski definition) is 1. The second-order valence-electron chi connectivity index (χ2n) is 5.86. The average Bonchev–Trinajstić information content (AvgIpc) is 3.35. The zero-order valence-corrected chi connectivity index (χ0v) is 15.6. The molecule has 3 rings (SSSR count). The summed E-state index contributed by atoms with van der Waals surface area (Å²) in [5, 5.41) is 6.90. The molecule has 0 fully saturated rings. The number of rotatable bonds is 8. The summed E-state index contributed by atoms with van der Waals surface area (Å²) in [7, 11) is 3.15. The number of carbonyl (C=O) groups is 1. The third kappa shape index (κ3) is 4.11. The van der Waals surface area contributed by atoms with Crippen molar-refractivity contribution in [2.75, 3.05) is 20.8 Å². The first-order valence-electron chi connectivity index (χ1n) is 8.64. The molecule has 27 heavy (non-hydrogen) atoms. The fourth-order valence-electron chi connectivity index (χ4n) is 2.64. The minimum absolute atomic E-state index is 0.0612. The Hall–Kier alpha value is -3.29. The summed E-state index contributed by atoms with van der Waals surface area (Å²) >= 11 is 0. The van der Waals surface area contributed by atoms with Crippen LogP contribution in [0.25, 0.3) is 23.0 Å². The van der Waals surface area contributed by atoms with Crippen LogP contribution in [0.1, 0.15) is 13.3 Å². The minimum atomic E-state index is -0.0612. The Morgan fingerprint density at radius 1 is 1.22 bits per heavy atom. The average molecular weight is 370 g/mol. The zero-order chi connectivity index (χ0) is 19.2. The van der Waals surface area contributed by atoms with Gasteiger partial charge in [-0.3, -0.25) is 4.79 Å². The number of nitrogens with zero attached hydrogens (tertiary/aromatic N) is 3. The van der Waals surface area contributed by atoms with E-state index in [0.29, 0.717) is 35.5 Å². The van der Waals surface area contributed by atoms with Gasteiger partial charge in [-0.15, -0.1) is 0 Å². The van der Waals surface area contributed by atoms with Crippen LogP contribution in [-0.4, -0.2) is 41.4 Å². The lowest BCUT2D eigenvalue weighted by Crippen LogP contribution is -2.28. The van der Waals surface area contributed by atoms with Crippen molar-refractivity contribution in [3.05, 3.63) is 36.5 Å². The number of carbonyl (C=O) groups excluding carboxylic acids is 1. The number of amides is 1. The normalized spacial score (nSPS) is 10.6. The molecular formula is C19H22N4O4. The van der Waals surface area contributed by atoms with Crippen molar-refractivity contribution in [1.29, 1.82) is 0 Å². The van der Waals surface area contributed by atoms with E-state index in [0.717, 1.165) is 12.0 Å². The van der Waals surface area contributed by atoms with Crippen LogP contribution >= 0.6 is 0 Å². The van der Waals surface area contributed by atoms with Crippen molar-refractivity contribution in [3.63, 3.8) is 0 Å². The molecule has 0 saturated carbocycles. The number of aromatic nitrogens is 3. The third-order valence-electron chi connectivity index (χ3n) is 4.00. The van der Waals surface area contributed by atoms with Crippen LogP contribution in [-0.2, 0) is 11.3 Å².